The zero-order valence-electron chi connectivity index (χ0n) is 12.7. The summed E-state index contributed by atoms with van der Waals surface area (Å²) < 4.78 is 6.63. The van der Waals surface area contributed by atoms with Crippen molar-refractivity contribution in [3.05, 3.63) is 28.7 Å². The Bertz CT molecular complexity index is 410. The van der Waals surface area contributed by atoms with Crippen molar-refractivity contribution in [2.75, 3.05) is 13.2 Å². The van der Waals surface area contributed by atoms with Crippen LogP contribution in [0.2, 0.25) is 0 Å². The standard InChI is InChI=1S/C17H26BrNO2/c1-13-5-3-2-4-6-17(13)19-11-15(20)12-21-16-9-7-14(18)8-10-16/h7-10,13,15,17,19-20H,2-6,11-12H2,1H3. The van der Waals surface area contributed by atoms with Crippen molar-refractivity contribution in [1.29, 1.82) is 0 Å². The van der Waals surface area contributed by atoms with Crippen LogP contribution in [0, 0.1) is 5.92 Å². The van der Waals surface area contributed by atoms with E-state index in [1.165, 1.54) is 32.1 Å². The molecule has 0 radical (unpaired) electrons. The Morgan fingerprint density at radius 2 is 1.95 bits per heavy atom. The van der Waals surface area contributed by atoms with Crippen LogP contribution in [0.1, 0.15) is 39.0 Å². The topological polar surface area (TPSA) is 41.5 Å². The number of aliphatic hydroxyl groups excluding tert-OH is 1. The van der Waals surface area contributed by atoms with Crippen molar-refractivity contribution in [2.45, 2.75) is 51.2 Å². The molecule has 0 heterocycles. The van der Waals surface area contributed by atoms with Gasteiger partial charge in [0.2, 0.25) is 0 Å². The summed E-state index contributed by atoms with van der Waals surface area (Å²) in [5.74, 6) is 1.49. The molecule has 1 saturated carbocycles. The summed E-state index contributed by atoms with van der Waals surface area (Å²) in [5, 5.41) is 13.6. The molecule has 0 spiro atoms. The third-order valence-corrected chi connectivity index (χ3v) is 4.76. The number of benzene rings is 1. The molecule has 0 bridgehead atoms. The van der Waals surface area contributed by atoms with E-state index >= 15 is 0 Å². The summed E-state index contributed by atoms with van der Waals surface area (Å²) in [5.41, 5.74) is 0. The quantitative estimate of drug-likeness (QED) is 0.763. The zero-order chi connectivity index (χ0) is 15.1. The van der Waals surface area contributed by atoms with Crippen LogP contribution >= 0.6 is 15.9 Å². The SMILES string of the molecule is CC1CCCCCC1NCC(O)COc1ccc(Br)cc1. The van der Waals surface area contributed by atoms with Crippen LogP contribution in [0.4, 0.5) is 0 Å². The second kappa shape index (κ2) is 8.76. The molecule has 4 heteroatoms. The number of ether oxygens (including phenoxy) is 1. The highest BCUT2D eigenvalue weighted by Crippen LogP contribution is 2.23. The Morgan fingerprint density at radius 3 is 2.71 bits per heavy atom. The summed E-state index contributed by atoms with van der Waals surface area (Å²) in [6.07, 6.45) is 6.04. The molecule has 2 rings (SSSR count). The molecule has 1 aromatic rings. The van der Waals surface area contributed by atoms with Gasteiger partial charge in [0.1, 0.15) is 18.5 Å². The molecular weight excluding hydrogens is 330 g/mol. The Labute approximate surface area is 136 Å². The summed E-state index contributed by atoms with van der Waals surface area (Å²) in [6.45, 7) is 3.25. The van der Waals surface area contributed by atoms with Crippen molar-refractivity contribution >= 4 is 15.9 Å². The molecule has 118 valence electrons. The molecule has 1 aliphatic rings. The van der Waals surface area contributed by atoms with Gasteiger partial charge in [-0.15, -0.1) is 0 Å². The second-order valence-corrected chi connectivity index (χ2v) is 6.96. The molecule has 0 saturated heterocycles. The van der Waals surface area contributed by atoms with Gasteiger partial charge >= 0.3 is 0 Å². The van der Waals surface area contributed by atoms with Crippen LogP contribution in [-0.4, -0.2) is 30.4 Å². The zero-order valence-corrected chi connectivity index (χ0v) is 14.3. The summed E-state index contributed by atoms with van der Waals surface area (Å²) >= 11 is 3.39. The first kappa shape index (κ1) is 16.8. The summed E-state index contributed by atoms with van der Waals surface area (Å²) in [6, 6.07) is 8.21. The molecule has 0 aromatic heterocycles. The van der Waals surface area contributed by atoms with Crippen LogP contribution < -0.4 is 10.1 Å². The highest BCUT2D eigenvalue weighted by Gasteiger charge is 2.20. The fourth-order valence-electron chi connectivity index (χ4n) is 2.87. The van der Waals surface area contributed by atoms with E-state index in [0.717, 1.165) is 10.2 Å². The maximum atomic E-state index is 10.1. The Morgan fingerprint density at radius 1 is 1.24 bits per heavy atom. The van der Waals surface area contributed by atoms with E-state index in [-0.39, 0.29) is 0 Å². The van der Waals surface area contributed by atoms with Gasteiger partial charge in [-0.1, -0.05) is 42.1 Å². The van der Waals surface area contributed by atoms with Gasteiger partial charge in [0.15, 0.2) is 0 Å². The van der Waals surface area contributed by atoms with E-state index in [9.17, 15) is 5.11 Å². The lowest BCUT2D eigenvalue weighted by molar-refractivity contribution is 0.101. The molecule has 3 unspecified atom stereocenters. The average Bonchev–Trinajstić information content (AvgIpc) is 2.69. The number of halogens is 1. The van der Waals surface area contributed by atoms with Gasteiger partial charge in [-0.3, -0.25) is 0 Å². The third-order valence-electron chi connectivity index (χ3n) is 4.23. The van der Waals surface area contributed by atoms with E-state index in [0.29, 0.717) is 25.1 Å². The Hall–Kier alpha value is -0.580. The lowest BCUT2D eigenvalue weighted by atomic mass is 9.97. The number of aliphatic hydroxyl groups is 1. The van der Waals surface area contributed by atoms with Gasteiger partial charge < -0.3 is 15.2 Å². The Kier molecular flexibility index (Phi) is 7.00. The van der Waals surface area contributed by atoms with Gasteiger partial charge in [-0.25, -0.2) is 0 Å². The summed E-state index contributed by atoms with van der Waals surface area (Å²) in [7, 11) is 0. The monoisotopic (exact) mass is 355 g/mol. The number of hydrogen-bond acceptors (Lipinski definition) is 3. The lowest BCUT2D eigenvalue weighted by Crippen LogP contribution is -2.40. The smallest absolute Gasteiger partial charge is 0.119 e. The first-order chi connectivity index (χ1) is 10.1. The molecule has 1 aromatic carbocycles. The van der Waals surface area contributed by atoms with Crippen LogP contribution in [0.25, 0.3) is 0 Å². The van der Waals surface area contributed by atoms with E-state index in [1.807, 2.05) is 24.3 Å². The van der Waals surface area contributed by atoms with Crippen LogP contribution in [0.15, 0.2) is 28.7 Å². The minimum absolute atomic E-state index is 0.329. The van der Waals surface area contributed by atoms with Crippen molar-refractivity contribution in [3.8, 4) is 5.75 Å². The van der Waals surface area contributed by atoms with E-state index in [2.05, 4.69) is 28.2 Å². The van der Waals surface area contributed by atoms with Gasteiger partial charge in [-0.2, -0.15) is 0 Å². The normalized spacial score (nSPS) is 24.3. The minimum atomic E-state index is -0.468. The molecule has 21 heavy (non-hydrogen) atoms. The van der Waals surface area contributed by atoms with Crippen LogP contribution in [0.5, 0.6) is 5.75 Å². The van der Waals surface area contributed by atoms with E-state index in [1.54, 1.807) is 0 Å². The predicted octanol–water partition coefficient (Wildman–Crippen LogP) is 3.75. The Balaban J connectivity index is 1.69. The molecule has 1 aliphatic carbocycles. The molecule has 0 aliphatic heterocycles. The van der Waals surface area contributed by atoms with E-state index in [4.69, 9.17) is 4.74 Å². The molecule has 3 atom stereocenters. The number of nitrogens with one attached hydrogen (secondary N) is 1. The first-order valence-electron chi connectivity index (χ1n) is 7.95. The number of hydrogen-bond donors (Lipinski definition) is 2. The number of rotatable bonds is 6. The van der Waals surface area contributed by atoms with Crippen molar-refractivity contribution < 1.29 is 9.84 Å². The molecular formula is C17H26BrNO2. The van der Waals surface area contributed by atoms with Crippen LogP contribution in [-0.2, 0) is 0 Å². The predicted molar refractivity (Wildman–Crippen MR) is 89.7 cm³/mol. The maximum Gasteiger partial charge on any atom is 0.119 e. The maximum absolute atomic E-state index is 10.1. The highest BCUT2D eigenvalue weighted by molar-refractivity contribution is 9.10. The van der Waals surface area contributed by atoms with Gasteiger partial charge in [0, 0.05) is 17.1 Å². The first-order valence-corrected chi connectivity index (χ1v) is 8.74. The van der Waals surface area contributed by atoms with Gasteiger partial charge in [0.05, 0.1) is 0 Å². The highest BCUT2D eigenvalue weighted by atomic mass is 79.9. The fourth-order valence-corrected chi connectivity index (χ4v) is 3.13. The average molecular weight is 356 g/mol. The van der Waals surface area contributed by atoms with Crippen molar-refractivity contribution in [2.24, 2.45) is 5.92 Å². The molecule has 3 nitrogen and oxygen atoms in total. The van der Waals surface area contributed by atoms with Crippen molar-refractivity contribution in [3.63, 3.8) is 0 Å². The molecule has 1 fully saturated rings. The van der Waals surface area contributed by atoms with Crippen molar-refractivity contribution in [1.82, 2.24) is 5.32 Å². The third kappa shape index (κ3) is 5.97. The summed E-state index contributed by atoms with van der Waals surface area (Å²) in [4.78, 5) is 0. The second-order valence-electron chi connectivity index (χ2n) is 6.05. The van der Waals surface area contributed by atoms with Gasteiger partial charge in [0.25, 0.3) is 0 Å². The minimum Gasteiger partial charge on any atom is -0.491 e. The van der Waals surface area contributed by atoms with Crippen LogP contribution in [0.3, 0.4) is 0 Å². The molecule has 2 N–H and O–H groups in total. The largest absolute Gasteiger partial charge is 0.491 e. The fraction of sp³-hybridized carbons (Fsp3) is 0.647. The van der Waals surface area contributed by atoms with E-state index < -0.39 is 6.10 Å². The molecule has 0 amide bonds. The lowest BCUT2D eigenvalue weighted by Gasteiger charge is -2.24. The van der Waals surface area contributed by atoms with Gasteiger partial charge in [-0.05, 0) is 43.0 Å².